The number of carbonyl (C=O) groups is 1. The van der Waals surface area contributed by atoms with Gasteiger partial charge in [0.2, 0.25) is 0 Å². The number of benzene rings is 1. The number of ketones is 1. The monoisotopic (exact) mass is 366 g/mol. The van der Waals surface area contributed by atoms with Gasteiger partial charge in [0, 0.05) is 5.56 Å². The maximum atomic E-state index is 12.7. The Hall–Kier alpha value is -1.11. The van der Waals surface area contributed by atoms with Gasteiger partial charge in [0.15, 0.2) is 5.78 Å². The van der Waals surface area contributed by atoms with Crippen molar-refractivity contribution in [3.05, 3.63) is 33.9 Å². The van der Waals surface area contributed by atoms with Crippen molar-refractivity contribution in [3.63, 3.8) is 0 Å². The number of fused-ring (bicyclic) bond motifs is 5. The lowest BCUT2D eigenvalue weighted by atomic mass is 9.40. The lowest BCUT2D eigenvalue weighted by Gasteiger charge is -2.64. The fraction of sp³-hybridized carbons (Fsp3) is 0.731. The van der Waals surface area contributed by atoms with Crippen molar-refractivity contribution in [2.24, 2.45) is 22.7 Å². The van der Waals surface area contributed by atoms with Gasteiger partial charge in [0.1, 0.15) is 0 Å². The van der Waals surface area contributed by atoms with Gasteiger partial charge in [-0.2, -0.15) is 0 Å². The van der Waals surface area contributed by atoms with E-state index in [-0.39, 0.29) is 11.2 Å². The van der Waals surface area contributed by atoms with Crippen LogP contribution in [0.1, 0.15) is 106 Å². The lowest BCUT2D eigenvalue weighted by molar-refractivity contribution is -0.110. The van der Waals surface area contributed by atoms with Crippen molar-refractivity contribution < 1.29 is 4.79 Å². The SMILES string of the molecule is CC(=O)c1cc(C)c(C)c2c1[C@]1(C)CCC3C(C)(C)CCC[C@]3(C)[C@H]1CC2. The molecule has 1 heteroatoms. The highest BCUT2D eigenvalue weighted by Gasteiger charge is 2.60. The molecule has 1 unspecified atom stereocenters. The number of aryl methyl sites for hydroxylation is 1. The molecule has 0 radical (unpaired) electrons. The molecule has 1 aromatic carbocycles. The summed E-state index contributed by atoms with van der Waals surface area (Å²) in [4.78, 5) is 12.7. The van der Waals surface area contributed by atoms with E-state index in [0.717, 1.165) is 17.9 Å². The zero-order valence-electron chi connectivity index (χ0n) is 18.6. The van der Waals surface area contributed by atoms with Crippen LogP contribution in [-0.4, -0.2) is 5.78 Å². The second-order valence-electron chi connectivity index (χ2n) is 11.2. The normalized spacial score (nSPS) is 37.1. The van der Waals surface area contributed by atoms with Gasteiger partial charge in [-0.05, 0) is 116 Å². The minimum absolute atomic E-state index is 0.158. The predicted octanol–water partition coefficient (Wildman–Crippen LogP) is 6.95. The van der Waals surface area contributed by atoms with E-state index >= 15 is 0 Å². The Kier molecular flexibility index (Phi) is 4.23. The number of hydrogen-bond donors (Lipinski definition) is 0. The van der Waals surface area contributed by atoms with Crippen molar-refractivity contribution in [2.45, 2.75) is 98.8 Å². The van der Waals surface area contributed by atoms with Gasteiger partial charge < -0.3 is 0 Å². The molecule has 0 N–H and O–H groups in total. The molecule has 148 valence electrons. The maximum absolute atomic E-state index is 12.7. The van der Waals surface area contributed by atoms with E-state index in [9.17, 15) is 4.79 Å². The Morgan fingerprint density at radius 2 is 1.70 bits per heavy atom. The highest BCUT2D eigenvalue weighted by Crippen LogP contribution is 2.67. The quantitative estimate of drug-likeness (QED) is 0.491. The van der Waals surface area contributed by atoms with Crippen LogP contribution in [0.5, 0.6) is 0 Å². The maximum Gasteiger partial charge on any atom is 0.160 e. The molecule has 2 saturated carbocycles. The molecule has 27 heavy (non-hydrogen) atoms. The zero-order chi connectivity index (χ0) is 19.8. The van der Waals surface area contributed by atoms with Crippen molar-refractivity contribution in [3.8, 4) is 0 Å². The van der Waals surface area contributed by atoms with Crippen LogP contribution in [0, 0.1) is 36.5 Å². The topological polar surface area (TPSA) is 17.1 Å². The summed E-state index contributed by atoms with van der Waals surface area (Å²) in [6.07, 6.45) is 9.14. The Labute approximate surface area is 166 Å². The third-order valence-corrected chi connectivity index (χ3v) is 9.40. The summed E-state index contributed by atoms with van der Waals surface area (Å²) in [6, 6.07) is 2.20. The first-order valence-corrected chi connectivity index (χ1v) is 11.2. The minimum Gasteiger partial charge on any atom is -0.295 e. The van der Waals surface area contributed by atoms with E-state index in [0.29, 0.717) is 16.7 Å². The van der Waals surface area contributed by atoms with E-state index in [2.05, 4.69) is 47.6 Å². The molecule has 0 amide bonds. The van der Waals surface area contributed by atoms with E-state index in [1.54, 1.807) is 6.92 Å². The molecule has 0 heterocycles. The summed E-state index contributed by atoms with van der Waals surface area (Å²) in [5, 5.41) is 0. The van der Waals surface area contributed by atoms with Crippen LogP contribution in [0.3, 0.4) is 0 Å². The standard InChI is InChI=1S/C26H38O/c1-16-15-20(18(3)27)23-19(17(16)2)9-10-22-25(6)13-8-12-24(4,5)21(25)11-14-26(22,23)7/h15,21-22H,8-14H2,1-7H3/t21?,22-,25+,26-/m1/s1. The third kappa shape index (κ3) is 2.52. The smallest absolute Gasteiger partial charge is 0.160 e. The first-order chi connectivity index (χ1) is 12.5. The Balaban J connectivity index is 1.91. The van der Waals surface area contributed by atoms with Gasteiger partial charge in [-0.15, -0.1) is 0 Å². The molecule has 0 bridgehead atoms. The molecule has 0 saturated heterocycles. The molecular formula is C26H38O. The van der Waals surface area contributed by atoms with Gasteiger partial charge in [0.05, 0.1) is 0 Å². The molecule has 4 atom stereocenters. The molecular weight excluding hydrogens is 328 g/mol. The summed E-state index contributed by atoms with van der Waals surface area (Å²) in [5.41, 5.74) is 7.74. The Bertz CT molecular complexity index is 801. The number of rotatable bonds is 1. The fourth-order valence-electron chi connectivity index (χ4n) is 8.11. The number of hydrogen-bond acceptors (Lipinski definition) is 1. The largest absolute Gasteiger partial charge is 0.295 e. The van der Waals surface area contributed by atoms with Gasteiger partial charge in [-0.3, -0.25) is 4.79 Å². The first kappa shape index (κ1) is 19.2. The van der Waals surface area contributed by atoms with Gasteiger partial charge in [-0.1, -0.05) is 34.1 Å². The second-order valence-corrected chi connectivity index (χ2v) is 11.2. The van der Waals surface area contributed by atoms with E-state index in [4.69, 9.17) is 0 Å². The molecule has 1 nitrogen and oxygen atoms in total. The fourth-order valence-corrected chi connectivity index (χ4v) is 8.11. The van der Waals surface area contributed by atoms with Gasteiger partial charge in [-0.25, -0.2) is 0 Å². The Morgan fingerprint density at radius 3 is 2.37 bits per heavy atom. The Morgan fingerprint density at radius 1 is 1.00 bits per heavy atom. The van der Waals surface area contributed by atoms with E-state index in [1.165, 1.54) is 60.8 Å². The summed E-state index contributed by atoms with van der Waals surface area (Å²) in [5.74, 6) is 1.79. The molecule has 3 aliphatic carbocycles. The summed E-state index contributed by atoms with van der Waals surface area (Å²) >= 11 is 0. The van der Waals surface area contributed by atoms with E-state index < -0.39 is 0 Å². The molecule has 0 aliphatic heterocycles. The van der Waals surface area contributed by atoms with Crippen molar-refractivity contribution in [2.75, 3.05) is 0 Å². The van der Waals surface area contributed by atoms with Crippen LogP contribution in [0.15, 0.2) is 6.07 Å². The average Bonchev–Trinajstić information content (AvgIpc) is 2.56. The summed E-state index contributed by atoms with van der Waals surface area (Å²) in [6.45, 7) is 16.4. The molecule has 0 aromatic heterocycles. The van der Waals surface area contributed by atoms with Gasteiger partial charge >= 0.3 is 0 Å². The average molecular weight is 367 g/mol. The lowest BCUT2D eigenvalue weighted by Crippen LogP contribution is -2.58. The minimum atomic E-state index is 0.158. The first-order valence-electron chi connectivity index (χ1n) is 11.2. The van der Waals surface area contributed by atoms with Crippen molar-refractivity contribution in [1.29, 1.82) is 0 Å². The number of Topliss-reactive ketones (excluding diaryl/α,β-unsaturated/α-hetero) is 1. The van der Waals surface area contributed by atoms with Crippen LogP contribution >= 0.6 is 0 Å². The molecule has 2 fully saturated rings. The van der Waals surface area contributed by atoms with Crippen LogP contribution < -0.4 is 0 Å². The van der Waals surface area contributed by atoms with E-state index in [1.807, 2.05) is 0 Å². The summed E-state index contributed by atoms with van der Waals surface area (Å²) < 4.78 is 0. The van der Waals surface area contributed by atoms with Crippen LogP contribution in [-0.2, 0) is 11.8 Å². The van der Waals surface area contributed by atoms with Crippen molar-refractivity contribution >= 4 is 5.78 Å². The molecule has 1 aromatic rings. The zero-order valence-corrected chi connectivity index (χ0v) is 18.6. The molecule has 4 rings (SSSR count). The predicted molar refractivity (Wildman–Crippen MR) is 114 cm³/mol. The third-order valence-electron chi connectivity index (χ3n) is 9.40. The molecule has 3 aliphatic rings. The molecule has 0 spiro atoms. The second kappa shape index (κ2) is 5.94. The number of carbonyl (C=O) groups excluding carboxylic acids is 1. The summed E-state index contributed by atoms with van der Waals surface area (Å²) in [7, 11) is 0. The van der Waals surface area contributed by atoms with Crippen LogP contribution in [0.2, 0.25) is 0 Å². The highest BCUT2D eigenvalue weighted by atomic mass is 16.1. The van der Waals surface area contributed by atoms with Crippen LogP contribution in [0.25, 0.3) is 0 Å². The highest BCUT2D eigenvalue weighted by molar-refractivity contribution is 5.97. The van der Waals surface area contributed by atoms with Crippen LogP contribution in [0.4, 0.5) is 0 Å². The van der Waals surface area contributed by atoms with Gasteiger partial charge in [0.25, 0.3) is 0 Å². The van der Waals surface area contributed by atoms with Crippen molar-refractivity contribution in [1.82, 2.24) is 0 Å².